The molecule has 0 aromatic heterocycles. The molecule has 11 heteroatoms. The van der Waals surface area contributed by atoms with Gasteiger partial charge >= 0.3 is 5.97 Å². The van der Waals surface area contributed by atoms with Crippen LogP contribution < -0.4 is 0 Å². The number of carbonyl (C=O) groups is 2. The molecular formula is C17H24O11. The van der Waals surface area contributed by atoms with Crippen molar-refractivity contribution in [1.29, 1.82) is 0 Å². The van der Waals surface area contributed by atoms with E-state index in [1.165, 1.54) is 0 Å². The first-order valence-electron chi connectivity index (χ1n) is 8.82. The fourth-order valence-electron chi connectivity index (χ4n) is 4.02. The Balaban J connectivity index is 1.88. The number of ether oxygens (including phenoxy) is 4. The first-order valence-corrected chi connectivity index (χ1v) is 8.82. The highest BCUT2D eigenvalue weighted by Gasteiger charge is 2.63. The smallest absolute Gasteiger partial charge is 0.340 e. The fourth-order valence-corrected chi connectivity index (χ4v) is 4.02. The molecule has 2 heterocycles. The van der Waals surface area contributed by atoms with Gasteiger partial charge in [-0.2, -0.15) is 0 Å². The molecule has 11 nitrogen and oxygen atoms in total. The normalized spacial score (nSPS) is 45.8. The topological polar surface area (TPSA) is 172 Å². The Kier molecular flexibility index (Phi) is 5.79. The minimum atomic E-state index is -2.20. The van der Waals surface area contributed by atoms with E-state index in [9.17, 15) is 35.1 Å². The van der Waals surface area contributed by atoms with Crippen molar-refractivity contribution in [2.24, 2.45) is 11.8 Å². The lowest BCUT2D eigenvalue weighted by Crippen LogP contribution is -2.61. The zero-order chi connectivity index (χ0) is 20.8. The number of hydrogen-bond acceptors (Lipinski definition) is 11. The maximum Gasteiger partial charge on any atom is 0.340 e. The van der Waals surface area contributed by atoms with Crippen LogP contribution in [0.25, 0.3) is 0 Å². The second kappa shape index (κ2) is 7.67. The van der Waals surface area contributed by atoms with Crippen LogP contribution >= 0.6 is 0 Å². The van der Waals surface area contributed by atoms with Gasteiger partial charge in [0.05, 0.1) is 19.6 Å². The van der Waals surface area contributed by atoms with E-state index in [1.54, 1.807) is 6.92 Å². The van der Waals surface area contributed by atoms with Crippen LogP contribution in [-0.4, -0.2) is 93.6 Å². The lowest BCUT2D eigenvalue weighted by atomic mass is 9.79. The largest absolute Gasteiger partial charge is 0.471 e. The second-order valence-electron chi connectivity index (χ2n) is 7.26. The van der Waals surface area contributed by atoms with Gasteiger partial charge in [0.15, 0.2) is 17.7 Å². The average Bonchev–Trinajstić information content (AvgIpc) is 2.91. The zero-order valence-corrected chi connectivity index (χ0v) is 15.3. The summed E-state index contributed by atoms with van der Waals surface area (Å²) in [5.74, 6) is -3.01. The van der Waals surface area contributed by atoms with Gasteiger partial charge in [0, 0.05) is 6.42 Å². The Hall–Kier alpha value is -1.60. The van der Waals surface area contributed by atoms with Crippen molar-refractivity contribution < 1.29 is 54.1 Å². The van der Waals surface area contributed by atoms with Crippen LogP contribution in [0, 0.1) is 11.8 Å². The molecule has 9 atom stereocenters. The predicted molar refractivity (Wildman–Crippen MR) is 87.1 cm³/mol. The number of aliphatic hydroxyl groups is 5. The molecule has 3 aliphatic rings. The average molecular weight is 404 g/mol. The lowest BCUT2D eigenvalue weighted by Gasteiger charge is -2.44. The summed E-state index contributed by atoms with van der Waals surface area (Å²) < 4.78 is 20.9. The monoisotopic (exact) mass is 404 g/mol. The second-order valence-corrected chi connectivity index (χ2v) is 7.26. The molecule has 0 bridgehead atoms. The highest BCUT2D eigenvalue weighted by Crippen LogP contribution is 2.48. The molecule has 9 unspecified atom stereocenters. The van der Waals surface area contributed by atoms with Gasteiger partial charge in [-0.1, -0.05) is 6.92 Å². The summed E-state index contributed by atoms with van der Waals surface area (Å²) in [7, 11) is 1.10. The number of aliphatic hydroxyl groups excluding tert-OH is 4. The zero-order valence-electron chi connectivity index (χ0n) is 15.3. The minimum Gasteiger partial charge on any atom is -0.471 e. The van der Waals surface area contributed by atoms with E-state index in [4.69, 9.17) is 14.2 Å². The lowest BCUT2D eigenvalue weighted by molar-refractivity contribution is -0.346. The van der Waals surface area contributed by atoms with Crippen molar-refractivity contribution >= 4 is 11.8 Å². The van der Waals surface area contributed by atoms with Crippen LogP contribution in [0.1, 0.15) is 13.3 Å². The highest BCUT2D eigenvalue weighted by atomic mass is 16.8. The van der Waals surface area contributed by atoms with Crippen molar-refractivity contribution in [3.8, 4) is 0 Å². The maximum absolute atomic E-state index is 12.5. The quantitative estimate of drug-likeness (QED) is 0.306. The van der Waals surface area contributed by atoms with Crippen molar-refractivity contribution in [1.82, 2.24) is 0 Å². The van der Waals surface area contributed by atoms with E-state index in [0.29, 0.717) is 0 Å². The number of rotatable bonds is 4. The molecule has 1 aliphatic carbocycles. The van der Waals surface area contributed by atoms with Crippen molar-refractivity contribution in [3.63, 3.8) is 0 Å². The van der Waals surface area contributed by atoms with E-state index in [0.717, 1.165) is 13.4 Å². The SMILES string of the molecule is COC(=O)C1=COC(OC2OC(CO)C(O)C(O)C2O)C2C(C)CC(=O)C12O. The molecule has 0 amide bonds. The third kappa shape index (κ3) is 3.12. The third-order valence-corrected chi connectivity index (χ3v) is 5.57. The van der Waals surface area contributed by atoms with Crippen LogP contribution in [0.3, 0.4) is 0 Å². The third-order valence-electron chi connectivity index (χ3n) is 5.57. The summed E-state index contributed by atoms with van der Waals surface area (Å²) in [6.07, 6.45) is -8.14. The molecule has 0 aromatic carbocycles. The Morgan fingerprint density at radius 3 is 2.54 bits per heavy atom. The molecule has 3 rings (SSSR count). The first-order chi connectivity index (χ1) is 13.2. The predicted octanol–water partition coefficient (Wildman–Crippen LogP) is -2.83. The number of hydrogen-bond donors (Lipinski definition) is 5. The number of Topliss-reactive ketones (excluding diaryl/α,β-unsaturated/α-hetero) is 1. The molecule has 28 heavy (non-hydrogen) atoms. The Morgan fingerprint density at radius 2 is 1.93 bits per heavy atom. The summed E-state index contributed by atoms with van der Waals surface area (Å²) >= 11 is 0. The van der Waals surface area contributed by atoms with Crippen LogP contribution in [0.2, 0.25) is 0 Å². The Bertz CT molecular complexity index is 661. The van der Waals surface area contributed by atoms with Gasteiger partial charge in [0.2, 0.25) is 6.29 Å². The van der Waals surface area contributed by atoms with Crippen LogP contribution in [0.15, 0.2) is 11.8 Å². The molecule has 0 radical (unpaired) electrons. The van der Waals surface area contributed by atoms with E-state index in [2.05, 4.69) is 4.74 Å². The standard InChI is InChI=1S/C17H24O11/c1-6-3-9(19)17(24)7(14(23)25-2)5-26-15(10(6)17)28-16-13(22)12(21)11(20)8(4-18)27-16/h5-6,8,10-13,15-16,18,20-22,24H,3-4H2,1-2H3. The number of carbonyl (C=O) groups excluding carboxylic acids is 2. The van der Waals surface area contributed by atoms with E-state index in [1.807, 2.05) is 0 Å². The fraction of sp³-hybridized carbons (Fsp3) is 0.765. The van der Waals surface area contributed by atoms with Crippen molar-refractivity contribution in [3.05, 3.63) is 11.8 Å². The maximum atomic E-state index is 12.5. The summed E-state index contributed by atoms with van der Waals surface area (Å²) in [5, 5.41) is 50.2. The molecule has 1 saturated carbocycles. The van der Waals surface area contributed by atoms with Gasteiger partial charge in [0.25, 0.3) is 0 Å². The van der Waals surface area contributed by atoms with Gasteiger partial charge in [0.1, 0.15) is 36.3 Å². The number of esters is 1. The molecule has 2 fully saturated rings. The summed E-state index contributed by atoms with van der Waals surface area (Å²) in [6, 6.07) is 0. The van der Waals surface area contributed by atoms with Crippen molar-refractivity contribution in [2.45, 2.75) is 55.9 Å². The first kappa shape index (κ1) is 21.1. The van der Waals surface area contributed by atoms with Gasteiger partial charge in [-0.15, -0.1) is 0 Å². The summed E-state index contributed by atoms with van der Waals surface area (Å²) in [4.78, 5) is 24.5. The van der Waals surface area contributed by atoms with Gasteiger partial charge < -0.3 is 44.5 Å². The number of ketones is 1. The van der Waals surface area contributed by atoms with Crippen LogP contribution in [-0.2, 0) is 28.5 Å². The van der Waals surface area contributed by atoms with Crippen molar-refractivity contribution in [2.75, 3.05) is 13.7 Å². The van der Waals surface area contributed by atoms with Crippen LogP contribution in [0.4, 0.5) is 0 Å². The molecule has 5 N–H and O–H groups in total. The van der Waals surface area contributed by atoms with Gasteiger partial charge in [-0.25, -0.2) is 4.79 Å². The molecule has 158 valence electrons. The van der Waals surface area contributed by atoms with Gasteiger partial charge in [-0.3, -0.25) is 4.79 Å². The number of methoxy groups -OCH3 is 1. The number of fused-ring (bicyclic) bond motifs is 1. The minimum absolute atomic E-state index is 0.0482. The molecular weight excluding hydrogens is 380 g/mol. The highest BCUT2D eigenvalue weighted by molar-refractivity contribution is 6.04. The Morgan fingerprint density at radius 1 is 1.25 bits per heavy atom. The van der Waals surface area contributed by atoms with E-state index < -0.39 is 72.8 Å². The molecule has 0 spiro atoms. The van der Waals surface area contributed by atoms with E-state index in [-0.39, 0.29) is 12.0 Å². The van der Waals surface area contributed by atoms with Crippen LogP contribution in [0.5, 0.6) is 0 Å². The van der Waals surface area contributed by atoms with Gasteiger partial charge in [-0.05, 0) is 5.92 Å². The molecule has 1 saturated heterocycles. The Labute approximate surface area is 160 Å². The summed E-state index contributed by atoms with van der Waals surface area (Å²) in [6.45, 7) is 1.01. The molecule has 0 aromatic rings. The summed E-state index contributed by atoms with van der Waals surface area (Å²) in [5.41, 5.74) is -2.56. The van der Waals surface area contributed by atoms with E-state index >= 15 is 0 Å². The molecule has 2 aliphatic heterocycles.